The van der Waals surface area contributed by atoms with Crippen LogP contribution in [0.4, 0.5) is 0 Å². The van der Waals surface area contributed by atoms with Crippen LogP contribution in [0, 0.1) is 0 Å². The third-order valence-electron chi connectivity index (χ3n) is 1.70. The minimum absolute atomic E-state index is 0.00328. The molecule has 0 aliphatic carbocycles. The molecular formula is C12H11ClO2. The zero-order chi connectivity index (χ0) is 11.3. The summed E-state index contributed by atoms with van der Waals surface area (Å²) in [4.78, 5) is 10.6. The van der Waals surface area contributed by atoms with E-state index in [1.807, 2.05) is 0 Å². The lowest BCUT2D eigenvalue weighted by Crippen LogP contribution is -1.78. The molecule has 0 spiro atoms. The van der Waals surface area contributed by atoms with Crippen molar-refractivity contribution in [2.45, 2.75) is 6.92 Å². The van der Waals surface area contributed by atoms with Crippen LogP contribution >= 0.6 is 11.6 Å². The first-order valence-electron chi connectivity index (χ1n) is 4.43. The Balaban J connectivity index is 2.77. The zero-order valence-electron chi connectivity index (χ0n) is 8.27. The van der Waals surface area contributed by atoms with Crippen molar-refractivity contribution < 1.29 is 9.90 Å². The Hall–Kier alpha value is -1.54. The van der Waals surface area contributed by atoms with E-state index in [2.05, 4.69) is 0 Å². The van der Waals surface area contributed by atoms with Crippen LogP contribution in [0.25, 0.3) is 6.08 Å². The predicted molar refractivity (Wildman–Crippen MR) is 62.0 cm³/mol. The third-order valence-corrected chi connectivity index (χ3v) is 2.03. The molecule has 1 N–H and O–H groups in total. The molecule has 0 fully saturated rings. The Kier molecular flexibility index (Phi) is 4.13. The number of carbonyl (C=O) groups excluding carboxylic acids is 1. The summed E-state index contributed by atoms with van der Waals surface area (Å²) in [5, 5.41) is 9.59. The van der Waals surface area contributed by atoms with Gasteiger partial charge in [0.25, 0.3) is 0 Å². The summed E-state index contributed by atoms with van der Waals surface area (Å²) in [5.41, 5.74) is 0.794. The fourth-order valence-corrected chi connectivity index (χ4v) is 1.24. The quantitative estimate of drug-likeness (QED) is 0.630. The lowest BCUT2D eigenvalue weighted by Gasteiger charge is -1.97. The second kappa shape index (κ2) is 5.37. The van der Waals surface area contributed by atoms with Gasteiger partial charge in [-0.05, 0) is 36.8 Å². The van der Waals surface area contributed by atoms with E-state index in [1.54, 1.807) is 30.4 Å². The zero-order valence-corrected chi connectivity index (χ0v) is 9.03. The predicted octanol–water partition coefficient (Wildman–Crippen LogP) is 3.20. The van der Waals surface area contributed by atoms with E-state index in [0.717, 1.165) is 5.56 Å². The molecule has 15 heavy (non-hydrogen) atoms. The Morgan fingerprint density at radius 1 is 1.40 bits per heavy atom. The van der Waals surface area contributed by atoms with E-state index in [4.69, 9.17) is 16.7 Å². The van der Waals surface area contributed by atoms with Gasteiger partial charge in [-0.15, -0.1) is 0 Å². The average molecular weight is 223 g/mol. The number of benzene rings is 1. The number of hydrogen-bond acceptors (Lipinski definition) is 2. The van der Waals surface area contributed by atoms with Crippen LogP contribution in [0.2, 0.25) is 5.02 Å². The van der Waals surface area contributed by atoms with Crippen molar-refractivity contribution in [3.05, 3.63) is 47.0 Å². The average Bonchev–Trinajstić information content (AvgIpc) is 2.14. The van der Waals surface area contributed by atoms with Crippen molar-refractivity contribution in [2.24, 2.45) is 0 Å². The van der Waals surface area contributed by atoms with Crippen LogP contribution in [0.3, 0.4) is 0 Å². The van der Waals surface area contributed by atoms with Gasteiger partial charge in [-0.1, -0.05) is 29.8 Å². The van der Waals surface area contributed by atoms with E-state index in [1.165, 1.54) is 19.1 Å². The molecule has 0 aromatic heterocycles. The highest BCUT2D eigenvalue weighted by molar-refractivity contribution is 6.32. The number of aromatic hydroxyl groups is 1. The van der Waals surface area contributed by atoms with Crippen molar-refractivity contribution >= 4 is 23.5 Å². The Morgan fingerprint density at radius 3 is 2.73 bits per heavy atom. The number of allylic oxidation sites excluding steroid dienone is 3. The van der Waals surface area contributed by atoms with Crippen molar-refractivity contribution in [2.75, 3.05) is 0 Å². The minimum Gasteiger partial charge on any atom is -0.508 e. The van der Waals surface area contributed by atoms with Crippen LogP contribution < -0.4 is 0 Å². The van der Waals surface area contributed by atoms with Gasteiger partial charge in [0.15, 0.2) is 5.78 Å². The molecule has 1 aromatic carbocycles. The largest absolute Gasteiger partial charge is 0.508 e. The van der Waals surface area contributed by atoms with Crippen LogP contribution in [0.5, 0.6) is 5.75 Å². The second-order valence-electron chi connectivity index (χ2n) is 3.03. The van der Waals surface area contributed by atoms with Gasteiger partial charge in [-0.2, -0.15) is 0 Å². The lowest BCUT2D eigenvalue weighted by atomic mass is 10.2. The van der Waals surface area contributed by atoms with Gasteiger partial charge in [-0.25, -0.2) is 0 Å². The molecule has 0 unspecified atom stereocenters. The first-order valence-corrected chi connectivity index (χ1v) is 4.81. The van der Waals surface area contributed by atoms with Gasteiger partial charge in [0.1, 0.15) is 5.75 Å². The Morgan fingerprint density at radius 2 is 2.13 bits per heavy atom. The summed E-state index contributed by atoms with van der Waals surface area (Å²) in [7, 11) is 0. The van der Waals surface area contributed by atoms with E-state index in [9.17, 15) is 4.79 Å². The van der Waals surface area contributed by atoms with Crippen molar-refractivity contribution in [1.82, 2.24) is 0 Å². The Bertz CT molecular complexity index is 420. The molecule has 1 aromatic rings. The molecule has 0 saturated heterocycles. The standard InChI is InChI=1S/C12H11ClO2/c1-9(14)4-2-3-5-10-6-7-11(15)8-12(10)13/h2-8,15H,1H3/b4-2+,5-3+. The molecule has 2 nitrogen and oxygen atoms in total. The summed E-state index contributed by atoms with van der Waals surface area (Å²) in [5.74, 6) is 0.132. The summed E-state index contributed by atoms with van der Waals surface area (Å²) in [6, 6.07) is 4.73. The second-order valence-corrected chi connectivity index (χ2v) is 3.44. The number of phenolic OH excluding ortho intramolecular Hbond substituents is 1. The summed E-state index contributed by atoms with van der Waals surface area (Å²) in [6.07, 6.45) is 6.59. The molecule has 0 amide bonds. The summed E-state index contributed by atoms with van der Waals surface area (Å²) in [6.45, 7) is 1.48. The normalized spacial score (nSPS) is 11.3. The number of rotatable bonds is 3. The van der Waals surface area contributed by atoms with Gasteiger partial charge in [0.05, 0.1) is 5.02 Å². The number of halogens is 1. The van der Waals surface area contributed by atoms with Gasteiger partial charge in [0.2, 0.25) is 0 Å². The molecular weight excluding hydrogens is 212 g/mol. The molecule has 1 rings (SSSR count). The van der Waals surface area contributed by atoms with Crippen molar-refractivity contribution in [1.29, 1.82) is 0 Å². The van der Waals surface area contributed by atoms with E-state index in [-0.39, 0.29) is 11.5 Å². The van der Waals surface area contributed by atoms with Crippen LogP contribution in [-0.2, 0) is 4.79 Å². The van der Waals surface area contributed by atoms with Gasteiger partial charge in [-0.3, -0.25) is 4.79 Å². The first-order chi connectivity index (χ1) is 7.09. The highest BCUT2D eigenvalue weighted by Crippen LogP contribution is 2.22. The SMILES string of the molecule is CC(=O)/C=C/C=C/c1ccc(O)cc1Cl. The first kappa shape index (κ1) is 11.5. The van der Waals surface area contributed by atoms with E-state index >= 15 is 0 Å². The lowest BCUT2D eigenvalue weighted by molar-refractivity contribution is -0.112. The van der Waals surface area contributed by atoms with Gasteiger partial charge < -0.3 is 5.11 Å². The fraction of sp³-hybridized carbons (Fsp3) is 0.0833. The van der Waals surface area contributed by atoms with Crippen LogP contribution in [0.15, 0.2) is 36.4 Å². The smallest absolute Gasteiger partial charge is 0.152 e. The van der Waals surface area contributed by atoms with Gasteiger partial charge >= 0.3 is 0 Å². The summed E-state index contributed by atoms with van der Waals surface area (Å²) >= 11 is 5.87. The molecule has 0 atom stereocenters. The minimum atomic E-state index is -0.00328. The van der Waals surface area contributed by atoms with Gasteiger partial charge in [0, 0.05) is 0 Å². The maximum Gasteiger partial charge on any atom is 0.152 e. The van der Waals surface area contributed by atoms with Crippen molar-refractivity contribution in [3.8, 4) is 5.75 Å². The highest BCUT2D eigenvalue weighted by Gasteiger charge is 1.96. The topological polar surface area (TPSA) is 37.3 Å². The molecule has 3 heteroatoms. The molecule has 0 bridgehead atoms. The van der Waals surface area contributed by atoms with Crippen LogP contribution in [0.1, 0.15) is 12.5 Å². The molecule has 0 radical (unpaired) electrons. The maximum atomic E-state index is 10.6. The van der Waals surface area contributed by atoms with E-state index < -0.39 is 0 Å². The number of ketones is 1. The molecule has 0 heterocycles. The maximum absolute atomic E-state index is 10.6. The number of carbonyl (C=O) groups is 1. The fourth-order valence-electron chi connectivity index (χ4n) is 1.00. The molecule has 78 valence electrons. The molecule has 0 aliphatic rings. The molecule has 0 saturated carbocycles. The third kappa shape index (κ3) is 4.00. The molecule has 0 aliphatic heterocycles. The summed E-state index contributed by atoms with van der Waals surface area (Å²) < 4.78 is 0. The van der Waals surface area contributed by atoms with Crippen molar-refractivity contribution in [3.63, 3.8) is 0 Å². The van der Waals surface area contributed by atoms with Crippen LogP contribution in [-0.4, -0.2) is 10.9 Å². The number of hydrogen-bond donors (Lipinski definition) is 1. The Labute approximate surface area is 93.5 Å². The number of phenols is 1. The monoisotopic (exact) mass is 222 g/mol. The van der Waals surface area contributed by atoms with E-state index in [0.29, 0.717) is 5.02 Å². The highest BCUT2D eigenvalue weighted by atomic mass is 35.5.